The molecule has 0 aromatic heterocycles. The van der Waals surface area contributed by atoms with Crippen LogP contribution in [0.15, 0.2) is 30.3 Å². The maximum absolute atomic E-state index is 14.1. The third kappa shape index (κ3) is 4.43. The molecule has 1 atom stereocenters. The number of nitrogens with one attached hydrogen (secondary N) is 2. The molecule has 2 N–H and O–H groups in total. The molecule has 0 saturated carbocycles. The molecule has 1 unspecified atom stereocenters. The molecule has 0 saturated heterocycles. The number of hydrogen-bond donors (Lipinski definition) is 2. The van der Waals surface area contributed by atoms with Gasteiger partial charge < -0.3 is 24.8 Å². The minimum Gasteiger partial charge on any atom is -0.493 e. The smallest absolute Gasteiger partial charge is 0.357 e. The van der Waals surface area contributed by atoms with Crippen molar-refractivity contribution in [2.75, 3.05) is 24.4 Å². The van der Waals surface area contributed by atoms with E-state index >= 15 is 0 Å². The van der Waals surface area contributed by atoms with Gasteiger partial charge in [-0.1, -0.05) is 11.6 Å². The molecule has 3 rings (SSSR count). The van der Waals surface area contributed by atoms with Gasteiger partial charge in [-0.15, -0.1) is 0 Å². The number of carbonyl (C=O) groups is 2. The summed E-state index contributed by atoms with van der Waals surface area (Å²) in [5.41, 5.74) is -1.20. The standard InChI is InChI=1S/C21H22ClFN2O5/c1-20(2,3)30-19(27)21(24-15-6-5-13(22)8-16(15)25-21)11-29-18-9-14(23)12(10-26)7-17(18)28-4/h5-10,24-25H,11H2,1-4H3. The molecule has 0 spiro atoms. The molecule has 1 aliphatic rings. The predicted molar refractivity (Wildman–Crippen MR) is 111 cm³/mol. The summed E-state index contributed by atoms with van der Waals surface area (Å²) in [7, 11) is 1.36. The molecule has 1 aliphatic heterocycles. The van der Waals surface area contributed by atoms with E-state index < -0.39 is 23.1 Å². The fraction of sp³-hybridized carbons (Fsp3) is 0.333. The largest absolute Gasteiger partial charge is 0.493 e. The lowest BCUT2D eigenvalue weighted by Crippen LogP contribution is -2.56. The summed E-state index contributed by atoms with van der Waals surface area (Å²) >= 11 is 6.06. The van der Waals surface area contributed by atoms with Crippen molar-refractivity contribution in [3.8, 4) is 11.5 Å². The third-order valence-corrected chi connectivity index (χ3v) is 4.51. The van der Waals surface area contributed by atoms with Gasteiger partial charge in [0.25, 0.3) is 0 Å². The summed E-state index contributed by atoms with van der Waals surface area (Å²) in [5.74, 6) is -1.21. The number of benzene rings is 2. The molecule has 30 heavy (non-hydrogen) atoms. The number of esters is 1. The van der Waals surface area contributed by atoms with Crippen molar-refractivity contribution in [3.05, 3.63) is 46.7 Å². The van der Waals surface area contributed by atoms with Gasteiger partial charge in [-0.3, -0.25) is 4.79 Å². The van der Waals surface area contributed by atoms with Gasteiger partial charge in [-0.05, 0) is 45.0 Å². The minimum absolute atomic E-state index is 0.0288. The van der Waals surface area contributed by atoms with Crippen LogP contribution in [0.3, 0.4) is 0 Å². The average Bonchev–Trinajstić information content (AvgIpc) is 3.04. The molecule has 0 amide bonds. The number of halogens is 2. The second-order valence-corrected chi connectivity index (χ2v) is 8.21. The Hall–Kier alpha value is -3.00. The Morgan fingerprint density at radius 1 is 1.17 bits per heavy atom. The van der Waals surface area contributed by atoms with Crippen LogP contribution < -0.4 is 20.1 Å². The van der Waals surface area contributed by atoms with Gasteiger partial charge in [0, 0.05) is 11.1 Å². The number of hydrogen-bond acceptors (Lipinski definition) is 7. The van der Waals surface area contributed by atoms with Crippen molar-refractivity contribution in [1.82, 2.24) is 0 Å². The summed E-state index contributed by atoms with van der Waals surface area (Å²) in [5, 5.41) is 6.64. The van der Waals surface area contributed by atoms with Crippen LogP contribution in [-0.4, -0.2) is 37.2 Å². The highest BCUT2D eigenvalue weighted by Crippen LogP contribution is 2.38. The molecule has 0 bridgehead atoms. The van der Waals surface area contributed by atoms with E-state index in [1.807, 2.05) is 0 Å². The van der Waals surface area contributed by atoms with Crippen molar-refractivity contribution in [3.63, 3.8) is 0 Å². The summed E-state index contributed by atoms with van der Waals surface area (Å²) in [6, 6.07) is 7.31. The molecule has 0 fully saturated rings. The Morgan fingerprint density at radius 2 is 1.87 bits per heavy atom. The van der Waals surface area contributed by atoms with Gasteiger partial charge in [0.15, 0.2) is 17.8 Å². The Bertz CT molecular complexity index is 992. The van der Waals surface area contributed by atoms with Crippen LogP contribution in [0.25, 0.3) is 0 Å². The highest BCUT2D eigenvalue weighted by Gasteiger charge is 2.47. The number of ether oxygens (including phenoxy) is 3. The van der Waals surface area contributed by atoms with Crippen molar-refractivity contribution in [2.24, 2.45) is 0 Å². The lowest BCUT2D eigenvalue weighted by molar-refractivity contribution is -0.160. The normalized spacial score (nSPS) is 17.4. The molecule has 1 heterocycles. The van der Waals surface area contributed by atoms with Gasteiger partial charge in [-0.2, -0.15) is 0 Å². The van der Waals surface area contributed by atoms with Crippen LogP contribution in [0.2, 0.25) is 5.02 Å². The van der Waals surface area contributed by atoms with E-state index in [0.717, 1.165) is 6.07 Å². The minimum atomic E-state index is -1.49. The first-order valence-electron chi connectivity index (χ1n) is 9.12. The Kier molecular flexibility index (Phi) is 5.81. The van der Waals surface area contributed by atoms with Crippen molar-refractivity contribution in [2.45, 2.75) is 32.0 Å². The van der Waals surface area contributed by atoms with Crippen molar-refractivity contribution < 1.29 is 28.2 Å². The van der Waals surface area contributed by atoms with E-state index in [1.54, 1.807) is 39.0 Å². The molecule has 160 valence electrons. The van der Waals surface area contributed by atoms with Crippen molar-refractivity contribution in [1.29, 1.82) is 0 Å². The second-order valence-electron chi connectivity index (χ2n) is 7.78. The number of carbonyl (C=O) groups excluding carboxylic acids is 2. The number of methoxy groups -OCH3 is 1. The zero-order valence-electron chi connectivity index (χ0n) is 17.0. The molecule has 0 aliphatic carbocycles. The molecule has 9 heteroatoms. The molecular weight excluding hydrogens is 415 g/mol. The Labute approximate surface area is 178 Å². The highest BCUT2D eigenvalue weighted by molar-refractivity contribution is 6.31. The number of anilines is 2. The number of rotatable bonds is 6. The monoisotopic (exact) mass is 436 g/mol. The molecule has 7 nitrogen and oxygen atoms in total. The summed E-state index contributed by atoms with van der Waals surface area (Å²) in [4.78, 5) is 24.0. The van der Waals surface area contributed by atoms with E-state index in [-0.39, 0.29) is 23.7 Å². The number of aldehydes is 1. The van der Waals surface area contributed by atoms with E-state index in [1.165, 1.54) is 13.2 Å². The van der Waals surface area contributed by atoms with Crippen LogP contribution in [0.4, 0.5) is 15.8 Å². The average molecular weight is 437 g/mol. The summed E-state index contributed by atoms with van der Waals surface area (Å²) < 4.78 is 30.6. The van der Waals surface area contributed by atoms with Crippen LogP contribution in [0.5, 0.6) is 11.5 Å². The first kappa shape index (κ1) is 21.7. The Morgan fingerprint density at radius 3 is 2.50 bits per heavy atom. The lowest BCUT2D eigenvalue weighted by atomic mass is 10.1. The highest BCUT2D eigenvalue weighted by atomic mass is 35.5. The first-order valence-corrected chi connectivity index (χ1v) is 9.49. The maximum atomic E-state index is 14.1. The fourth-order valence-electron chi connectivity index (χ4n) is 2.92. The van der Waals surface area contributed by atoms with Crippen LogP contribution in [0, 0.1) is 5.82 Å². The van der Waals surface area contributed by atoms with Gasteiger partial charge >= 0.3 is 5.97 Å². The zero-order chi connectivity index (χ0) is 22.1. The molecule has 0 radical (unpaired) electrons. The van der Waals surface area contributed by atoms with Crippen molar-refractivity contribution >= 4 is 35.2 Å². The van der Waals surface area contributed by atoms with Crippen LogP contribution in [-0.2, 0) is 9.53 Å². The predicted octanol–water partition coefficient (Wildman–Crippen LogP) is 4.25. The quantitative estimate of drug-likeness (QED) is 0.517. The second kappa shape index (κ2) is 8.02. The van der Waals surface area contributed by atoms with E-state index in [4.69, 9.17) is 25.8 Å². The third-order valence-electron chi connectivity index (χ3n) is 4.28. The topological polar surface area (TPSA) is 85.9 Å². The van der Waals surface area contributed by atoms with Gasteiger partial charge in [0.05, 0.1) is 24.0 Å². The first-order chi connectivity index (χ1) is 14.1. The van der Waals surface area contributed by atoms with Gasteiger partial charge in [0.2, 0.25) is 5.66 Å². The van der Waals surface area contributed by atoms with Crippen LogP contribution >= 0.6 is 11.6 Å². The number of fused-ring (bicyclic) bond motifs is 1. The Balaban J connectivity index is 1.92. The van der Waals surface area contributed by atoms with Gasteiger partial charge in [-0.25, -0.2) is 9.18 Å². The molecule has 2 aromatic rings. The molecule has 2 aromatic carbocycles. The van der Waals surface area contributed by atoms with E-state index in [9.17, 15) is 14.0 Å². The SMILES string of the molecule is COc1cc(C=O)c(F)cc1OCC1(C(=O)OC(C)(C)C)Nc2ccc(Cl)cc2N1. The van der Waals surface area contributed by atoms with Gasteiger partial charge in [0.1, 0.15) is 18.0 Å². The van der Waals surface area contributed by atoms with Crippen LogP contribution in [0.1, 0.15) is 31.1 Å². The fourth-order valence-corrected chi connectivity index (χ4v) is 3.09. The van der Waals surface area contributed by atoms with E-state index in [0.29, 0.717) is 22.7 Å². The maximum Gasteiger partial charge on any atom is 0.357 e. The summed E-state index contributed by atoms with van der Waals surface area (Å²) in [6.07, 6.45) is 0.379. The zero-order valence-corrected chi connectivity index (χ0v) is 17.7. The molecular formula is C21H22ClFN2O5. The summed E-state index contributed by atoms with van der Waals surface area (Å²) in [6.45, 7) is 4.96. The van der Waals surface area contributed by atoms with E-state index in [2.05, 4.69) is 10.6 Å². The lowest BCUT2D eigenvalue weighted by Gasteiger charge is -2.32.